The number of carbonyl (C=O) groups excluding carboxylic acids is 2. The Hall–Kier alpha value is -2.90. The summed E-state index contributed by atoms with van der Waals surface area (Å²) in [5, 5.41) is 2.85. The molecule has 1 aliphatic rings. The van der Waals surface area contributed by atoms with Crippen molar-refractivity contribution >= 4 is 12.0 Å². The summed E-state index contributed by atoms with van der Waals surface area (Å²) in [7, 11) is 1.84. The van der Waals surface area contributed by atoms with Crippen LogP contribution in [-0.4, -0.2) is 50.6 Å². The first-order valence-electron chi connectivity index (χ1n) is 7.71. The molecule has 2 aromatic heterocycles. The van der Waals surface area contributed by atoms with Crippen LogP contribution >= 0.6 is 0 Å². The van der Waals surface area contributed by atoms with E-state index in [1.807, 2.05) is 23.7 Å². The second kappa shape index (κ2) is 7.12. The molecular formula is C16H19N5O3. The van der Waals surface area contributed by atoms with Crippen molar-refractivity contribution in [2.75, 3.05) is 13.2 Å². The lowest BCUT2D eigenvalue weighted by molar-refractivity contribution is -0.124. The third kappa shape index (κ3) is 3.53. The van der Waals surface area contributed by atoms with Gasteiger partial charge in [-0.2, -0.15) is 0 Å². The Bertz CT molecular complexity index is 716. The average Bonchev–Trinajstić information content (AvgIpc) is 3.15. The quantitative estimate of drug-likeness (QED) is 0.833. The fourth-order valence-electron chi connectivity index (χ4n) is 2.54. The van der Waals surface area contributed by atoms with E-state index in [0.29, 0.717) is 18.8 Å². The smallest absolute Gasteiger partial charge is 0.411 e. The maximum Gasteiger partial charge on any atom is 0.411 e. The van der Waals surface area contributed by atoms with Gasteiger partial charge in [0.2, 0.25) is 5.91 Å². The summed E-state index contributed by atoms with van der Waals surface area (Å²) < 4.78 is 6.84. The fraction of sp³-hybridized carbons (Fsp3) is 0.375. The molecular weight excluding hydrogens is 310 g/mol. The minimum Gasteiger partial charge on any atom is -0.447 e. The molecule has 3 rings (SSSR count). The van der Waals surface area contributed by atoms with E-state index in [9.17, 15) is 9.59 Å². The molecule has 1 aliphatic heterocycles. The summed E-state index contributed by atoms with van der Waals surface area (Å²) in [4.78, 5) is 33.9. The molecule has 0 unspecified atom stereocenters. The summed E-state index contributed by atoms with van der Waals surface area (Å²) in [5.41, 5.74) is 1.04. The summed E-state index contributed by atoms with van der Waals surface area (Å²) in [5.74, 6) is 0.473. The minimum atomic E-state index is -0.636. The molecule has 0 spiro atoms. The number of nitrogens with one attached hydrogen (secondary N) is 1. The number of hydrogen-bond acceptors (Lipinski definition) is 5. The molecule has 8 nitrogen and oxygen atoms in total. The fourth-order valence-corrected chi connectivity index (χ4v) is 2.54. The number of pyridine rings is 1. The number of carbonyl (C=O) groups is 2. The van der Waals surface area contributed by atoms with Gasteiger partial charge >= 0.3 is 6.09 Å². The predicted molar refractivity (Wildman–Crippen MR) is 84.8 cm³/mol. The van der Waals surface area contributed by atoms with Crippen LogP contribution in [0.1, 0.15) is 11.4 Å². The van der Waals surface area contributed by atoms with Crippen molar-refractivity contribution in [2.45, 2.75) is 19.0 Å². The predicted octanol–water partition coefficient (Wildman–Crippen LogP) is 0.495. The number of imidazole rings is 1. The Kier molecular flexibility index (Phi) is 4.74. The standard InChI is InChI=1S/C16H19N5O3/c1-20-8-7-18-14(20)10-21-13(11-24-16(21)23)15(22)19-6-4-12-3-2-5-17-9-12/h2-3,5,7-9,13H,4,6,10-11H2,1H3,(H,19,22)/t13-/m0/s1. The first kappa shape index (κ1) is 16.0. The molecule has 1 fully saturated rings. The molecule has 1 atom stereocenters. The Morgan fingerprint density at radius 2 is 2.33 bits per heavy atom. The van der Waals surface area contributed by atoms with E-state index in [2.05, 4.69) is 15.3 Å². The van der Waals surface area contributed by atoms with E-state index in [1.54, 1.807) is 24.8 Å². The van der Waals surface area contributed by atoms with Gasteiger partial charge in [-0.05, 0) is 18.1 Å². The van der Waals surface area contributed by atoms with Crippen LogP contribution in [-0.2, 0) is 29.5 Å². The van der Waals surface area contributed by atoms with Gasteiger partial charge in [0.25, 0.3) is 0 Å². The van der Waals surface area contributed by atoms with Crippen molar-refractivity contribution in [3.05, 3.63) is 48.3 Å². The van der Waals surface area contributed by atoms with Gasteiger partial charge in [-0.1, -0.05) is 6.07 Å². The van der Waals surface area contributed by atoms with Crippen molar-refractivity contribution in [3.63, 3.8) is 0 Å². The molecule has 1 N–H and O–H groups in total. The Morgan fingerprint density at radius 1 is 1.46 bits per heavy atom. The number of amides is 2. The molecule has 126 valence electrons. The van der Waals surface area contributed by atoms with E-state index < -0.39 is 12.1 Å². The highest BCUT2D eigenvalue weighted by Gasteiger charge is 2.38. The molecule has 0 aliphatic carbocycles. The van der Waals surface area contributed by atoms with Gasteiger partial charge < -0.3 is 14.6 Å². The topological polar surface area (TPSA) is 89.4 Å². The lowest BCUT2D eigenvalue weighted by Gasteiger charge is -2.20. The van der Waals surface area contributed by atoms with Crippen LogP contribution in [0.2, 0.25) is 0 Å². The van der Waals surface area contributed by atoms with E-state index >= 15 is 0 Å². The SMILES string of the molecule is Cn1ccnc1CN1C(=O)OC[C@H]1C(=O)NCCc1cccnc1. The highest BCUT2D eigenvalue weighted by Crippen LogP contribution is 2.16. The monoisotopic (exact) mass is 329 g/mol. The van der Waals surface area contributed by atoms with E-state index in [4.69, 9.17) is 4.74 Å². The molecule has 2 amide bonds. The van der Waals surface area contributed by atoms with Crippen molar-refractivity contribution < 1.29 is 14.3 Å². The van der Waals surface area contributed by atoms with Gasteiger partial charge in [0.05, 0.1) is 6.54 Å². The zero-order chi connectivity index (χ0) is 16.9. The molecule has 0 radical (unpaired) electrons. The van der Waals surface area contributed by atoms with E-state index in [0.717, 1.165) is 5.56 Å². The molecule has 8 heteroatoms. The Balaban J connectivity index is 1.56. The molecule has 2 aromatic rings. The van der Waals surface area contributed by atoms with Crippen LogP contribution in [0.15, 0.2) is 36.9 Å². The molecule has 0 aromatic carbocycles. The third-order valence-corrected chi connectivity index (χ3v) is 3.95. The molecule has 0 saturated carbocycles. The number of ether oxygens (including phenoxy) is 1. The van der Waals surface area contributed by atoms with E-state index in [1.165, 1.54) is 4.90 Å². The summed E-state index contributed by atoms with van der Waals surface area (Å²) in [6.45, 7) is 0.774. The average molecular weight is 329 g/mol. The Labute approximate surface area is 139 Å². The summed E-state index contributed by atoms with van der Waals surface area (Å²) in [6, 6.07) is 3.17. The molecule has 0 bridgehead atoms. The first-order chi connectivity index (χ1) is 11.6. The number of aryl methyl sites for hydroxylation is 1. The largest absolute Gasteiger partial charge is 0.447 e. The molecule has 24 heavy (non-hydrogen) atoms. The number of cyclic esters (lactones) is 1. The normalized spacial score (nSPS) is 17.0. The molecule has 3 heterocycles. The Morgan fingerprint density at radius 3 is 3.04 bits per heavy atom. The molecule has 1 saturated heterocycles. The first-order valence-corrected chi connectivity index (χ1v) is 7.71. The van der Waals surface area contributed by atoms with Crippen LogP contribution in [0.5, 0.6) is 0 Å². The lowest BCUT2D eigenvalue weighted by atomic mass is 10.2. The number of aromatic nitrogens is 3. The maximum absolute atomic E-state index is 12.4. The van der Waals surface area contributed by atoms with Crippen LogP contribution in [0, 0.1) is 0 Å². The zero-order valence-corrected chi connectivity index (χ0v) is 13.4. The third-order valence-electron chi connectivity index (χ3n) is 3.95. The lowest BCUT2D eigenvalue weighted by Crippen LogP contribution is -2.46. The zero-order valence-electron chi connectivity index (χ0n) is 13.4. The minimum absolute atomic E-state index is 0.0575. The van der Waals surface area contributed by atoms with Crippen LogP contribution in [0.25, 0.3) is 0 Å². The van der Waals surface area contributed by atoms with E-state index in [-0.39, 0.29) is 19.1 Å². The van der Waals surface area contributed by atoms with Crippen molar-refractivity contribution in [3.8, 4) is 0 Å². The highest BCUT2D eigenvalue weighted by molar-refractivity contribution is 5.87. The maximum atomic E-state index is 12.4. The second-order valence-electron chi connectivity index (χ2n) is 5.58. The number of nitrogens with zero attached hydrogens (tertiary/aromatic N) is 4. The number of hydrogen-bond donors (Lipinski definition) is 1. The van der Waals surface area contributed by atoms with Gasteiger partial charge in [0.15, 0.2) is 0 Å². The van der Waals surface area contributed by atoms with Crippen molar-refractivity contribution in [1.29, 1.82) is 0 Å². The van der Waals surface area contributed by atoms with Gasteiger partial charge in [-0.15, -0.1) is 0 Å². The summed E-state index contributed by atoms with van der Waals surface area (Å²) >= 11 is 0. The van der Waals surface area contributed by atoms with Crippen LogP contribution in [0.4, 0.5) is 4.79 Å². The van der Waals surface area contributed by atoms with Crippen molar-refractivity contribution in [1.82, 2.24) is 24.8 Å². The summed E-state index contributed by atoms with van der Waals surface area (Å²) in [6.07, 6.45) is 7.10. The second-order valence-corrected chi connectivity index (χ2v) is 5.58. The number of rotatable bonds is 6. The van der Waals surface area contributed by atoms with Gasteiger partial charge in [-0.3, -0.25) is 14.7 Å². The van der Waals surface area contributed by atoms with Crippen molar-refractivity contribution in [2.24, 2.45) is 7.05 Å². The van der Waals surface area contributed by atoms with Crippen LogP contribution < -0.4 is 5.32 Å². The van der Waals surface area contributed by atoms with Gasteiger partial charge in [0.1, 0.15) is 18.5 Å². The van der Waals surface area contributed by atoms with Gasteiger partial charge in [0, 0.05) is 38.4 Å². The highest BCUT2D eigenvalue weighted by atomic mass is 16.6. The van der Waals surface area contributed by atoms with Gasteiger partial charge in [-0.25, -0.2) is 9.78 Å². The van der Waals surface area contributed by atoms with Crippen LogP contribution in [0.3, 0.4) is 0 Å².